The fourth-order valence-electron chi connectivity index (χ4n) is 1.72. The van der Waals surface area contributed by atoms with Crippen LogP contribution in [0.3, 0.4) is 0 Å². The maximum atomic E-state index is 12.0. The summed E-state index contributed by atoms with van der Waals surface area (Å²) in [4.78, 5) is 12.5. The van der Waals surface area contributed by atoms with E-state index in [1.165, 1.54) is 31.2 Å². The van der Waals surface area contributed by atoms with Crippen molar-refractivity contribution in [3.8, 4) is 0 Å². The predicted molar refractivity (Wildman–Crippen MR) is 79.7 cm³/mol. The molecule has 0 bridgehead atoms. The summed E-state index contributed by atoms with van der Waals surface area (Å²) in [7, 11) is -3.51. The molecule has 0 fully saturated rings. The molecule has 0 aliphatic rings. The number of rotatable bonds is 6. The summed E-state index contributed by atoms with van der Waals surface area (Å²) in [5.41, 5.74) is 0.502. The highest BCUT2D eigenvalue weighted by molar-refractivity contribution is 7.89. The molecule has 0 unspecified atom stereocenters. The molecule has 0 saturated heterocycles. The number of hydrogen-bond donors (Lipinski definition) is 1. The van der Waals surface area contributed by atoms with E-state index >= 15 is 0 Å². The minimum Gasteiger partial charge on any atom is -0.295 e. The topological polar surface area (TPSA) is 63.2 Å². The van der Waals surface area contributed by atoms with Crippen molar-refractivity contribution in [2.24, 2.45) is 0 Å². The summed E-state index contributed by atoms with van der Waals surface area (Å²) < 4.78 is 26.7. The summed E-state index contributed by atoms with van der Waals surface area (Å²) in [6, 6.07) is 9.86. The molecule has 1 aromatic carbocycles. The van der Waals surface area contributed by atoms with Gasteiger partial charge in [0.15, 0.2) is 5.78 Å². The first-order valence-electron chi connectivity index (χ1n) is 6.12. The Balaban J connectivity index is 2.00. The fourth-order valence-corrected chi connectivity index (χ4v) is 3.46. The third-order valence-electron chi connectivity index (χ3n) is 2.81. The molecule has 0 spiro atoms. The van der Waals surface area contributed by atoms with Gasteiger partial charge < -0.3 is 0 Å². The Morgan fingerprint density at radius 1 is 1.20 bits per heavy atom. The molecule has 6 heteroatoms. The van der Waals surface area contributed by atoms with Crippen LogP contribution >= 0.6 is 11.3 Å². The van der Waals surface area contributed by atoms with Crippen LogP contribution in [0.2, 0.25) is 0 Å². The molecule has 20 heavy (non-hydrogen) atoms. The maximum Gasteiger partial charge on any atom is 0.240 e. The number of hydrogen-bond acceptors (Lipinski definition) is 4. The Labute approximate surface area is 122 Å². The van der Waals surface area contributed by atoms with Crippen molar-refractivity contribution >= 4 is 27.1 Å². The second-order valence-corrected chi connectivity index (χ2v) is 7.11. The van der Waals surface area contributed by atoms with Crippen molar-refractivity contribution in [1.29, 1.82) is 0 Å². The van der Waals surface area contributed by atoms with Gasteiger partial charge in [0, 0.05) is 17.0 Å². The van der Waals surface area contributed by atoms with Gasteiger partial charge >= 0.3 is 0 Å². The predicted octanol–water partition coefficient (Wildman–Crippen LogP) is 2.47. The number of carbonyl (C=O) groups is 1. The molecule has 106 valence electrons. The molecule has 0 amide bonds. The molecule has 2 aromatic rings. The van der Waals surface area contributed by atoms with E-state index in [1.807, 2.05) is 17.5 Å². The van der Waals surface area contributed by atoms with Gasteiger partial charge in [0.1, 0.15) is 0 Å². The van der Waals surface area contributed by atoms with E-state index in [-0.39, 0.29) is 10.7 Å². The van der Waals surface area contributed by atoms with Gasteiger partial charge in [-0.15, -0.1) is 11.3 Å². The number of carbonyl (C=O) groups excluding carboxylic acids is 1. The minimum absolute atomic E-state index is 0.0837. The van der Waals surface area contributed by atoms with Gasteiger partial charge in [-0.25, -0.2) is 13.1 Å². The van der Waals surface area contributed by atoms with E-state index in [4.69, 9.17) is 0 Å². The SMILES string of the molecule is CC(=O)c1ccc(S(=O)(=O)NCCc2cccs2)cc1. The lowest BCUT2D eigenvalue weighted by molar-refractivity contribution is 0.101. The third-order valence-corrected chi connectivity index (χ3v) is 5.23. The molecule has 2 rings (SSSR count). The van der Waals surface area contributed by atoms with Gasteiger partial charge in [-0.3, -0.25) is 4.79 Å². The lowest BCUT2D eigenvalue weighted by atomic mass is 10.2. The van der Waals surface area contributed by atoms with Crippen LogP contribution in [0.25, 0.3) is 0 Å². The Morgan fingerprint density at radius 3 is 2.45 bits per heavy atom. The van der Waals surface area contributed by atoms with Crippen LogP contribution in [0.5, 0.6) is 0 Å². The van der Waals surface area contributed by atoms with Crippen LogP contribution in [0, 0.1) is 0 Å². The van der Waals surface area contributed by atoms with Crippen molar-refractivity contribution in [1.82, 2.24) is 4.72 Å². The number of benzene rings is 1. The van der Waals surface area contributed by atoms with Crippen LogP contribution in [0.1, 0.15) is 22.2 Å². The smallest absolute Gasteiger partial charge is 0.240 e. The zero-order valence-corrected chi connectivity index (χ0v) is 12.6. The largest absolute Gasteiger partial charge is 0.295 e. The molecule has 4 nitrogen and oxygen atoms in total. The highest BCUT2D eigenvalue weighted by Crippen LogP contribution is 2.12. The molecule has 0 aliphatic heterocycles. The Bertz CT molecular complexity index is 674. The summed E-state index contributed by atoms with van der Waals surface area (Å²) in [5.74, 6) is -0.0837. The van der Waals surface area contributed by atoms with E-state index in [0.717, 1.165) is 4.88 Å². The first-order valence-corrected chi connectivity index (χ1v) is 8.48. The van der Waals surface area contributed by atoms with Crippen molar-refractivity contribution in [3.63, 3.8) is 0 Å². The minimum atomic E-state index is -3.51. The highest BCUT2D eigenvalue weighted by atomic mass is 32.2. The zero-order valence-electron chi connectivity index (χ0n) is 11.0. The third kappa shape index (κ3) is 3.75. The summed E-state index contributed by atoms with van der Waals surface area (Å²) in [6.07, 6.45) is 0.669. The lowest BCUT2D eigenvalue weighted by Gasteiger charge is -2.06. The number of Topliss-reactive ketones (excluding diaryl/α,β-unsaturated/α-hetero) is 1. The van der Waals surface area contributed by atoms with E-state index in [9.17, 15) is 13.2 Å². The quantitative estimate of drug-likeness (QED) is 0.834. The van der Waals surface area contributed by atoms with Crippen LogP contribution in [0.4, 0.5) is 0 Å². The van der Waals surface area contributed by atoms with Gasteiger partial charge in [-0.05, 0) is 36.9 Å². The normalized spacial score (nSPS) is 11.4. The maximum absolute atomic E-state index is 12.0. The van der Waals surface area contributed by atoms with E-state index in [2.05, 4.69) is 4.72 Å². The monoisotopic (exact) mass is 309 g/mol. The second kappa shape index (κ2) is 6.30. The Hall–Kier alpha value is -1.50. The highest BCUT2D eigenvalue weighted by Gasteiger charge is 2.13. The number of thiophene rings is 1. The van der Waals surface area contributed by atoms with E-state index in [1.54, 1.807) is 11.3 Å². The van der Waals surface area contributed by atoms with Gasteiger partial charge in [-0.2, -0.15) is 0 Å². The van der Waals surface area contributed by atoms with Crippen molar-refractivity contribution in [2.75, 3.05) is 6.54 Å². The molecule has 0 radical (unpaired) electrons. The molecule has 0 atom stereocenters. The number of ketones is 1. The standard InChI is InChI=1S/C14H15NO3S2/c1-11(16)12-4-6-14(7-5-12)20(17,18)15-9-8-13-3-2-10-19-13/h2-7,10,15H,8-9H2,1H3. The van der Waals surface area contributed by atoms with Crippen LogP contribution in [0.15, 0.2) is 46.7 Å². The van der Waals surface area contributed by atoms with Crippen molar-refractivity contribution < 1.29 is 13.2 Å². The first kappa shape index (κ1) is 14.9. The van der Waals surface area contributed by atoms with Crippen LogP contribution < -0.4 is 4.72 Å². The number of nitrogens with one attached hydrogen (secondary N) is 1. The van der Waals surface area contributed by atoms with E-state index < -0.39 is 10.0 Å². The van der Waals surface area contributed by atoms with Crippen LogP contribution in [-0.4, -0.2) is 20.7 Å². The van der Waals surface area contributed by atoms with Gasteiger partial charge in [0.05, 0.1) is 4.90 Å². The van der Waals surface area contributed by atoms with E-state index in [0.29, 0.717) is 18.5 Å². The molecule has 1 heterocycles. The Kier molecular flexibility index (Phi) is 4.69. The molecule has 0 aliphatic carbocycles. The molecular weight excluding hydrogens is 294 g/mol. The fraction of sp³-hybridized carbons (Fsp3) is 0.214. The summed E-state index contributed by atoms with van der Waals surface area (Å²) in [6.45, 7) is 1.81. The van der Waals surface area contributed by atoms with Crippen LogP contribution in [-0.2, 0) is 16.4 Å². The molecule has 1 N–H and O–H groups in total. The first-order chi connectivity index (χ1) is 9.49. The van der Waals surface area contributed by atoms with Gasteiger partial charge in [-0.1, -0.05) is 18.2 Å². The average Bonchev–Trinajstić information content (AvgIpc) is 2.92. The second-order valence-electron chi connectivity index (χ2n) is 4.31. The lowest BCUT2D eigenvalue weighted by Crippen LogP contribution is -2.25. The molecule has 0 saturated carbocycles. The summed E-state index contributed by atoms with van der Waals surface area (Å²) >= 11 is 1.60. The Morgan fingerprint density at radius 2 is 1.90 bits per heavy atom. The molecule has 1 aromatic heterocycles. The van der Waals surface area contributed by atoms with Crippen molar-refractivity contribution in [2.45, 2.75) is 18.2 Å². The van der Waals surface area contributed by atoms with Gasteiger partial charge in [0.25, 0.3) is 0 Å². The van der Waals surface area contributed by atoms with Crippen molar-refractivity contribution in [3.05, 3.63) is 52.2 Å². The molecular formula is C14H15NO3S2. The summed E-state index contributed by atoms with van der Waals surface area (Å²) in [5, 5.41) is 1.96. The average molecular weight is 309 g/mol. The zero-order chi connectivity index (χ0) is 14.6. The van der Waals surface area contributed by atoms with Gasteiger partial charge in [0.2, 0.25) is 10.0 Å². The number of sulfonamides is 1.